The van der Waals surface area contributed by atoms with E-state index in [0.29, 0.717) is 34.5 Å². The second kappa shape index (κ2) is 12.1. The van der Waals surface area contributed by atoms with Crippen LogP contribution in [0, 0.1) is 0 Å². The van der Waals surface area contributed by atoms with Crippen molar-refractivity contribution in [2.75, 3.05) is 33.3 Å². The second-order valence-corrected chi connectivity index (χ2v) is 7.66. The van der Waals surface area contributed by atoms with Gasteiger partial charge in [-0.1, -0.05) is 36.2 Å². The number of halogens is 2. The number of likely N-dealkylation sites (N-methyl/N-ethyl adjacent to an activating group) is 2. The maximum absolute atomic E-state index is 12.2. The van der Waals surface area contributed by atoms with Crippen LogP contribution in [-0.4, -0.2) is 60.2 Å². The number of hydrogen-bond donors (Lipinski definition) is 1. The lowest BCUT2D eigenvalue weighted by molar-refractivity contribution is 0.0509. The molecule has 0 aliphatic carbocycles. The molecule has 3 rings (SSSR count). The van der Waals surface area contributed by atoms with E-state index < -0.39 is 0 Å². The van der Waals surface area contributed by atoms with Crippen LogP contribution < -0.4 is 5.32 Å². The smallest absolute Gasteiger partial charge is 0.356 e. The monoisotopic (exact) mass is 454 g/mol. The molecule has 2 heterocycles. The molecular formula is C21H28Cl2N4O3. The zero-order chi connectivity index (χ0) is 22.1. The molecule has 0 saturated heterocycles. The van der Waals surface area contributed by atoms with E-state index in [0.717, 1.165) is 50.1 Å². The lowest BCUT2D eigenvalue weighted by Gasteiger charge is -2.21. The first-order valence-electron chi connectivity index (χ1n) is 9.96. The minimum absolute atomic E-state index is 0.256. The van der Waals surface area contributed by atoms with E-state index in [-0.39, 0.29) is 5.97 Å². The predicted octanol–water partition coefficient (Wildman–Crippen LogP) is 3.46. The Morgan fingerprint density at radius 2 is 2.07 bits per heavy atom. The van der Waals surface area contributed by atoms with E-state index in [1.165, 1.54) is 6.07 Å². The molecule has 7 nitrogen and oxygen atoms in total. The molecule has 0 atom stereocenters. The fraction of sp³-hybridized carbons (Fsp3) is 0.476. The Bertz CT molecular complexity index is 870. The largest absolute Gasteiger partial charge is 0.461 e. The number of rotatable bonds is 7. The summed E-state index contributed by atoms with van der Waals surface area (Å²) in [4.78, 5) is 24.6. The topological polar surface area (TPSA) is 76.5 Å². The third-order valence-electron chi connectivity index (χ3n) is 4.59. The zero-order valence-corrected chi connectivity index (χ0v) is 19.1. The van der Waals surface area contributed by atoms with Crippen molar-refractivity contribution in [3.63, 3.8) is 0 Å². The van der Waals surface area contributed by atoms with Gasteiger partial charge < -0.3 is 15.0 Å². The summed E-state index contributed by atoms with van der Waals surface area (Å²) in [6.45, 7) is 8.45. The van der Waals surface area contributed by atoms with Gasteiger partial charge in [-0.25, -0.2) is 4.79 Å². The van der Waals surface area contributed by atoms with Crippen LogP contribution in [0.25, 0.3) is 0 Å². The van der Waals surface area contributed by atoms with Crippen molar-refractivity contribution in [2.24, 2.45) is 0 Å². The molecule has 0 spiro atoms. The summed E-state index contributed by atoms with van der Waals surface area (Å²) in [5, 5.41) is 8.74. The van der Waals surface area contributed by atoms with Gasteiger partial charge in [0.15, 0.2) is 5.69 Å². The van der Waals surface area contributed by atoms with Crippen molar-refractivity contribution < 1.29 is 14.3 Å². The van der Waals surface area contributed by atoms with E-state index in [1.807, 2.05) is 11.6 Å². The maximum atomic E-state index is 12.2. The summed E-state index contributed by atoms with van der Waals surface area (Å²) in [7, 11) is 2.06. The molecule has 1 aliphatic heterocycles. The predicted molar refractivity (Wildman–Crippen MR) is 119 cm³/mol. The van der Waals surface area contributed by atoms with Crippen LogP contribution in [0.15, 0.2) is 18.2 Å². The third kappa shape index (κ3) is 6.54. The van der Waals surface area contributed by atoms with E-state index in [2.05, 4.69) is 29.3 Å². The molecule has 2 aromatic rings. The van der Waals surface area contributed by atoms with E-state index in [9.17, 15) is 9.59 Å². The number of fused-ring (bicyclic) bond motifs is 1. The lowest BCUT2D eigenvalue weighted by Crippen LogP contribution is -2.27. The number of benzene rings is 1. The SMILES string of the molecule is CCNCCn1nc2c(c1C(=O)OCC)CN(C)CC2.O=Cc1ccc(Cl)c(Cl)c1. The van der Waals surface area contributed by atoms with Gasteiger partial charge in [0.2, 0.25) is 0 Å². The summed E-state index contributed by atoms with van der Waals surface area (Å²) in [5.41, 5.74) is 3.25. The van der Waals surface area contributed by atoms with Gasteiger partial charge in [-0.05, 0) is 32.6 Å². The minimum Gasteiger partial charge on any atom is -0.461 e. The summed E-state index contributed by atoms with van der Waals surface area (Å²) < 4.78 is 7.01. The number of nitrogens with zero attached hydrogens (tertiary/aromatic N) is 3. The molecule has 1 aliphatic rings. The van der Waals surface area contributed by atoms with Crippen molar-refractivity contribution in [3.05, 3.63) is 50.8 Å². The Labute approximate surface area is 187 Å². The molecule has 1 N–H and O–H groups in total. The van der Waals surface area contributed by atoms with Crippen LogP contribution in [0.2, 0.25) is 10.0 Å². The molecule has 164 valence electrons. The Morgan fingerprint density at radius 3 is 2.70 bits per heavy atom. The number of carbonyl (C=O) groups is 2. The molecule has 0 fully saturated rings. The van der Waals surface area contributed by atoms with Crippen molar-refractivity contribution >= 4 is 35.5 Å². The van der Waals surface area contributed by atoms with Crippen molar-refractivity contribution in [2.45, 2.75) is 33.4 Å². The van der Waals surface area contributed by atoms with Crippen molar-refractivity contribution in [1.29, 1.82) is 0 Å². The van der Waals surface area contributed by atoms with Gasteiger partial charge >= 0.3 is 5.97 Å². The van der Waals surface area contributed by atoms with Crippen LogP contribution in [0.1, 0.15) is 46.0 Å². The van der Waals surface area contributed by atoms with Gasteiger partial charge in [0.1, 0.15) is 6.29 Å². The fourth-order valence-electron chi connectivity index (χ4n) is 3.10. The van der Waals surface area contributed by atoms with E-state index >= 15 is 0 Å². The summed E-state index contributed by atoms with van der Waals surface area (Å²) in [6.07, 6.45) is 1.62. The first kappa shape index (κ1) is 24.3. The number of aromatic nitrogens is 2. The minimum atomic E-state index is -0.256. The number of ether oxygens (including phenoxy) is 1. The number of esters is 1. The highest BCUT2D eigenvalue weighted by Gasteiger charge is 2.27. The third-order valence-corrected chi connectivity index (χ3v) is 5.33. The van der Waals surface area contributed by atoms with Crippen molar-refractivity contribution in [1.82, 2.24) is 20.0 Å². The Morgan fingerprint density at radius 1 is 1.30 bits per heavy atom. The molecule has 0 radical (unpaired) electrons. The van der Waals surface area contributed by atoms with Crippen LogP contribution in [-0.2, 0) is 24.2 Å². The molecule has 0 unspecified atom stereocenters. The van der Waals surface area contributed by atoms with E-state index in [1.54, 1.807) is 12.1 Å². The van der Waals surface area contributed by atoms with Gasteiger partial charge in [0.25, 0.3) is 0 Å². The number of nitrogens with one attached hydrogen (secondary N) is 1. The molecular weight excluding hydrogens is 427 g/mol. The Hall–Kier alpha value is -1.93. The number of carbonyl (C=O) groups excluding carboxylic acids is 2. The second-order valence-electron chi connectivity index (χ2n) is 6.85. The number of hydrogen-bond acceptors (Lipinski definition) is 6. The summed E-state index contributed by atoms with van der Waals surface area (Å²) >= 11 is 11.2. The van der Waals surface area contributed by atoms with E-state index in [4.69, 9.17) is 27.9 Å². The van der Waals surface area contributed by atoms with Gasteiger partial charge in [-0.2, -0.15) is 5.10 Å². The number of aldehydes is 1. The highest BCUT2D eigenvalue weighted by molar-refractivity contribution is 6.42. The standard InChI is InChI=1S/C14H24N4O2.C7H4Cl2O/c1-4-15-7-9-18-13(14(19)20-5-2)11-10-17(3)8-6-12(11)16-18;8-6-2-1-5(4-10)3-7(6)9/h15H,4-10H2,1-3H3;1-4H. The summed E-state index contributed by atoms with van der Waals surface area (Å²) in [5.74, 6) is -0.256. The Kier molecular flexibility index (Phi) is 9.78. The van der Waals surface area contributed by atoms with Gasteiger partial charge in [0, 0.05) is 37.2 Å². The van der Waals surface area contributed by atoms with Crippen LogP contribution in [0.5, 0.6) is 0 Å². The highest BCUT2D eigenvalue weighted by Crippen LogP contribution is 2.23. The van der Waals surface area contributed by atoms with Gasteiger partial charge in [0.05, 0.1) is 28.9 Å². The van der Waals surface area contributed by atoms with Crippen LogP contribution >= 0.6 is 23.2 Å². The Balaban J connectivity index is 0.000000269. The maximum Gasteiger partial charge on any atom is 0.356 e. The highest BCUT2D eigenvalue weighted by atomic mass is 35.5. The normalized spacial score (nSPS) is 13.2. The fourth-order valence-corrected chi connectivity index (χ4v) is 3.41. The first-order valence-corrected chi connectivity index (χ1v) is 10.7. The van der Waals surface area contributed by atoms with Crippen molar-refractivity contribution in [3.8, 4) is 0 Å². The molecule has 1 aromatic heterocycles. The lowest BCUT2D eigenvalue weighted by atomic mass is 10.1. The zero-order valence-electron chi connectivity index (χ0n) is 17.6. The molecule has 0 saturated carbocycles. The van der Waals surface area contributed by atoms with Crippen LogP contribution in [0.4, 0.5) is 0 Å². The molecule has 0 bridgehead atoms. The average Bonchev–Trinajstić information content (AvgIpc) is 3.08. The average molecular weight is 455 g/mol. The summed E-state index contributed by atoms with van der Waals surface area (Å²) in [6, 6.07) is 4.73. The van der Waals surface area contributed by atoms with Gasteiger partial charge in [-0.15, -0.1) is 0 Å². The molecule has 9 heteroatoms. The van der Waals surface area contributed by atoms with Crippen LogP contribution in [0.3, 0.4) is 0 Å². The molecule has 30 heavy (non-hydrogen) atoms. The first-order chi connectivity index (χ1) is 14.4. The molecule has 0 amide bonds. The van der Waals surface area contributed by atoms with Gasteiger partial charge in [-0.3, -0.25) is 9.48 Å². The molecule has 1 aromatic carbocycles. The quantitative estimate of drug-likeness (QED) is 0.392.